The van der Waals surface area contributed by atoms with Gasteiger partial charge in [0.05, 0.1) is 6.07 Å². The van der Waals surface area contributed by atoms with Crippen molar-refractivity contribution in [3.8, 4) is 6.07 Å². The van der Waals surface area contributed by atoms with E-state index < -0.39 is 5.41 Å². The zero-order valence-electron chi connectivity index (χ0n) is 15.2. The Bertz CT molecular complexity index is 618. The van der Waals surface area contributed by atoms with E-state index in [9.17, 15) is 10.1 Å². The van der Waals surface area contributed by atoms with Gasteiger partial charge in [-0.2, -0.15) is 5.26 Å². The van der Waals surface area contributed by atoms with Crippen LogP contribution in [-0.2, 0) is 11.3 Å². The van der Waals surface area contributed by atoms with Crippen molar-refractivity contribution in [1.82, 2.24) is 14.8 Å². The number of carbonyl (C=O) groups excluding carboxylic acids is 1. The molecule has 0 bridgehead atoms. The third-order valence-corrected chi connectivity index (χ3v) is 5.65. The highest BCUT2D eigenvalue weighted by Gasteiger charge is 2.44. The number of hydrogen-bond donors (Lipinski definition) is 0. The molecule has 2 aliphatic rings. The van der Waals surface area contributed by atoms with E-state index in [2.05, 4.69) is 29.1 Å². The van der Waals surface area contributed by atoms with Crippen LogP contribution in [0.25, 0.3) is 0 Å². The van der Waals surface area contributed by atoms with Crippen molar-refractivity contribution in [1.29, 1.82) is 5.26 Å². The summed E-state index contributed by atoms with van der Waals surface area (Å²) in [6.07, 6.45) is 9.37. The summed E-state index contributed by atoms with van der Waals surface area (Å²) in [6.45, 7) is 3.44. The largest absolute Gasteiger partial charge is 0.341 e. The quantitative estimate of drug-likeness (QED) is 0.827. The third-order valence-electron chi connectivity index (χ3n) is 5.65. The van der Waals surface area contributed by atoms with Crippen molar-refractivity contribution in [3.63, 3.8) is 0 Å². The van der Waals surface area contributed by atoms with Gasteiger partial charge in [-0.1, -0.05) is 25.3 Å². The normalized spacial score (nSPS) is 22.8. The van der Waals surface area contributed by atoms with E-state index >= 15 is 0 Å². The number of hydrogen-bond acceptors (Lipinski definition) is 4. The Labute approximate surface area is 150 Å². The average Bonchev–Trinajstić information content (AvgIpc) is 3.10. The van der Waals surface area contributed by atoms with Gasteiger partial charge >= 0.3 is 0 Å². The number of nitriles is 1. The maximum absolute atomic E-state index is 13.0. The Morgan fingerprint density at radius 3 is 2.92 bits per heavy atom. The average molecular weight is 340 g/mol. The van der Waals surface area contributed by atoms with Crippen LogP contribution in [0.3, 0.4) is 0 Å². The third kappa shape index (κ3) is 4.19. The van der Waals surface area contributed by atoms with Crippen molar-refractivity contribution < 1.29 is 4.79 Å². The van der Waals surface area contributed by atoms with E-state index in [0.29, 0.717) is 5.92 Å². The molecule has 0 unspecified atom stereocenters. The second-order valence-corrected chi connectivity index (χ2v) is 7.72. The standard InChI is InChI=1S/C20H28N4O/c1-23(13-17-6-5-10-22-12-17)14-18-7-11-24(15-18)19(25)20(16-21)8-3-2-4-9-20/h5-6,10,12,18H,2-4,7-9,11,13-15H2,1H3/t18-/m0/s1. The molecule has 1 atom stereocenters. The van der Waals surface area contributed by atoms with Crippen LogP contribution in [0.1, 0.15) is 44.1 Å². The molecule has 5 heteroatoms. The van der Waals surface area contributed by atoms with E-state index in [0.717, 1.165) is 64.7 Å². The topological polar surface area (TPSA) is 60.2 Å². The zero-order valence-corrected chi connectivity index (χ0v) is 15.2. The van der Waals surface area contributed by atoms with Crippen LogP contribution < -0.4 is 0 Å². The van der Waals surface area contributed by atoms with Gasteiger partial charge in [-0.3, -0.25) is 9.78 Å². The number of pyridine rings is 1. The van der Waals surface area contributed by atoms with Crippen molar-refractivity contribution in [2.45, 2.75) is 45.1 Å². The lowest BCUT2D eigenvalue weighted by Gasteiger charge is -2.33. The van der Waals surface area contributed by atoms with Crippen LogP contribution in [0.4, 0.5) is 0 Å². The molecule has 0 spiro atoms. The number of amides is 1. The molecule has 1 aliphatic heterocycles. The monoisotopic (exact) mass is 340 g/mol. The van der Waals surface area contributed by atoms with Gasteiger partial charge in [0.25, 0.3) is 0 Å². The SMILES string of the molecule is CN(Cc1cccnc1)C[C@@H]1CCN(C(=O)C2(C#N)CCCCC2)C1. The molecule has 0 radical (unpaired) electrons. The number of rotatable bonds is 5. The number of likely N-dealkylation sites (tertiary alicyclic amines) is 1. The van der Waals surface area contributed by atoms with Crippen molar-refractivity contribution in [2.75, 3.05) is 26.7 Å². The summed E-state index contributed by atoms with van der Waals surface area (Å²) in [5.74, 6) is 0.581. The molecular formula is C20H28N4O. The lowest BCUT2D eigenvalue weighted by Crippen LogP contribution is -2.43. The maximum atomic E-state index is 13.0. The molecule has 134 valence electrons. The van der Waals surface area contributed by atoms with Crippen molar-refractivity contribution in [2.24, 2.45) is 11.3 Å². The second-order valence-electron chi connectivity index (χ2n) is 7.72. The van der Waals surface area contributed by atoms with Crippen LogP contribution in [0.15, 0.2) is 24.5 Å². The second kappa shape index (κ2) is 7.97. The zero-order chi connectivity index (χ0) is 17.7. The Balaban J connectivity index is 1.53. The van der Waals surface area contributed by atoms with Crippen LogP contribution in [0.5, 0.6) is 0 Å². The van der Waals surface area contributed by atoms with Gasteiger partial charge in [0.1, 0.15) is 5.41 Å². The molecule has 0 aromatic carbocycles. The van der Waals surface area contributed by atoms with E-state index in [-0.39, 0.29) is 5.91 Å². The first kappa shape index (κ1) is 17.9. The Hall–Kier alpha value is -1.93. The highest BCUT2D eigenvalue weighted by atomic mass is 16.2. The first-order chi connectivity index (χ1) is 12.1. The molecule has 1 saturated heterocycles. The summed E-state index contributed by atoms with van der Waals surface area (Å²) in [7, 11) is 2.12. The molecular weight excluding hydrogens is 312 g/mol. The fourth-order valence-corrected chi connectivity index (χ4v) is 4.31. The highest BCUT2D eigenvalue weighted by molar-refractivity contribution is 5.85. The lowest BCUT2D eigenvalue weighted by molar-refractivity contribution is -0.139. The fourth-order valence-electron chi connectivity index (χ4n) is 4.31. The molecule has 5 nitrogen and oxygen atoms in total. The number of nitrogens with zero attached hydrogens (tertiary/aromatic N) is 4. The molecule has 1 aromatic heterocycles. The van der Waals surface area contributed by atoms with E-state index in [1.54, 1.807) is 6.20 Å². The van der Waals surface area contributed by atoms with Gasteiger partial charge in [0, 0.05) is 38.6 Å². The van der Waals surface area contributed by atoms with E-state index in [1.807, 2.05) is 17.2 Å². The van der Waals surface area contributed by atoms with Crippen LogP contribution in [0.2, 0.25) is 0 Å². The smallest absolute Gasteiger partial charge is 0.243 e. The summed E-state index contributed by atoms with van der Waals surface area (Å²) in [4.78, 5) is 21.4. The Morgan fingerprint density at radius 2 is 2.24 bits per heavy atom. The summed E-state index contributed by atoms with van der Waals surface area (Å²) < 4.78 is 0. The summed E-state index contributed by atoms with van der Waals surface area (Å²) in [5.41, 5.74) is 0.468. The van der Waals surface area contributed by atoms with E-state index in [4.69, 9.17) is 0 Å². The summed E-state index contributed by atoms with van der Waals surface area (Å²) in [6, 6.07) is 6.43. The molecule has 1 aromatic rings. The van der Waals surface area contributed by atoms with Crippen LogP contribution >= 0.6 is 0 Å². The summed E-state index contributed by atoms with van der Waals surface area (Å²) >= 11 is 0. The van der Waals surface area contributed by atoms with Gasteiger partial charge < -0.3 is 9.80 Å². The van der Waals surface area contributed by atoms with Gasteiger partial charge in [-0.25, -0.2) is 0 Å². The molecule has 2 heterocycles. The van der Waals surface area contributed by atoms with Crippen LogP contribution in [-0.4, -0.2) is 47.4 Å². The predicted octanol–water partition coefficient (Wildman–Crippen LogP) is 2.84. The van der Waals surface area contributed by atoms with Crippen LogP contribution in [0, 0.1) is 22.7 Å². The molecule has 3 rings (SSSR count). The van der Waals surface area contributed by atoms with Gasteiger partial charge in [-0.05, 0) is 43.9 Å². The van der Waals surface area contributed by atoms with E-state index in [1.165, 1.54) is 5.56 Å². The first-order valence-corrected chi connectivity index (χ1v) is 9.41. The molecule has 0 N–H and O–H groups in total. The first-order valence-electron chi connectivity index (χ1n) is 9.41. The minimum Gasteiger partial charge on any atom is -0.341 e. The minimum atomic E-state index is -0.741. The van der Waals surface area contributed by atoms with Crippen molar-refractivity contribution in [3.05, 3.63) is 30.1 Å². The number of aromatic nitrogens is 1. The molecule has 2 fully saturated rings. The highest BCUT2D eigenvalue weighted by Crippen LogP contribution is 2.38. The molecule has 1 aliphatic carbocycles. The number of carbonyl (C=O) groups is 1. The van der Waals surface area contributed by atoms with Gasteiger partial charge in [0.15, 0.2) is 0 Å². The molecule has 1 amide bonds. The lowest BCUT2D eigenvalue weighted by atomic mass is 9.74. The minimum absolute atomic E-state index is 0.0899. The molecule has 1 saturated carbocycles. The predicted molar refractivity (Wildman–Crippen MR) is 96.4 cm³/mol. The fraction of sp³-hybridized carbons (Fsp3) is 0.650. The van der Waals surface area contributed by atoms with Gasteiger partial charge in [0.2, 0.25) is 5.91 Å². The Morgan fingerprint density at radius 1 is 1.44 bits per heavy atom. The molecule has 25 heavy (non-hydrogen) atoms. The van der Waals surface area contributed by atoms with Gasteiger partial charge in [-0.15, -0.1) is 0 Å². The van der Waals surface area contributed by atoms with Crippen molar-refractivity contribution >= 4 is 5.91 Å². The maximum Gasteiger partial charge on any atom is 0.243 e. The Kier molecular flexibility index (Phi) is 5.70. The summed E-state index contributed by atoms with van der Waals surface area (Å²) in [5, 5.41) is 9.64.